The summed E-state index contributed by atoms with van der Waals surface area (Å²) in [7, 11) is 1.67. The summed E-state index contributed by atoms with van der Waals surface area (Å²) in [5.74, 6) is 2.45. The normalized spacial score (nSPS) is 24.7. The van der Waals surface area contributed by atoms with Gasteiger partial charge in [-0.2, -0.15) is 0 Å². The number of piperidine rings is 1. The van der Waals surface area contributed by atoms with Crippen LogP contribution >= 0.6 is 0 Å². The van der Waals surface area contributed by atoms with E-state index >= 15 is 0 Å². The van der Waals surface area contributed by atoms with Crippen molar-refractivity contribution in [3.63, 3.8) is 0 Å². The smallest absolute Gasteiger partial charge is 0.174 e. The second-order valence-electron chi connectivity index (χ2n) is 9.56. The topological polar surface area (TPSA) is 68.0 Å². The van der Waals surface area contributed by atoms with Gasteiger partial charge in [0.15, 0.2) is 17.3 Å². The molecule has 0 saturated carbocycles. The Labute approximate surface area is 172 Å². The molecule has 2 aliphatic heterocycles. The molecule has 158 valence electrons. The molecular weight excluding hydrogens is 368 g/mol. The molecular formula is C23H32N2O4. The van der Waals surface area contributed by atoms with E-state index in [0.717, 1.165) is 43.9 Å². The highest BCUT2D eigenvalue weighted by atomic mass is 16.5. The summed E-state index contributed by atoms with van der Waals surface area (Å²) in [6.07, 6.45) is 4.14. The number of hydrogen-bond donors (Lipinski definition) is 1. The highest BCUT2D eigenvalue weighted by Gasteiger charge is 2.39. The van der Waals surface area contributed by atoms with Gasteiger partial charge in [-0.25, -0.2) is 0 Å². The van der Waals surface area contributed by atoms with Gasteiger partial charge >= 0.3 is 0 Å². The number of fused-ring (bicyclic) bond motifs is 3. The fourth-order valence-electron chi connectivity index (χ4n) is 4.82. The number of benzene rings is 1. The van der Waals surface area contributed by atoms with Crippen LogP contribution in [0.25, 0.3) is 0 Å². The van der Waals surface area contributed by atoms with Gasteiger partial charge in [0.1, 0.15) is 6.61 Å². The van der Waals surface area contributed by atoms with E-state index in [0.29, 0.717) is 18.3 Å². The lowest BCUT2D eigenvalue weighted by Crippen LogP contribution is -2.48. The molecule has 1 saturated heterocycles. The fourth-order valence-corrected chi connectivity index (χ4v) is 4.82. The van der Waals surface area contributed by atoms with Crippen molar-refractivity contribution in [3.05, 3.63) is 41.3 Å². The first-order valence-corrected chi connectivity index (χ1v) is 10.5. The quantitative estimate of drug-likeness (QED) is 0.819. The number of methoxy groups -OCH3 is 1. The molecule has 1 fully saturated rings. The van der Waals surface area contributed by atoms with Crippen LogP contribution in [0.2, 0.25) is 0 Å². The van der Waals surface area contributed by atoms with Crippen molar-refractivity contribution in [1.29, 1.82) is 0 Å². The first-order valence-electron chi connectivity index (χ1n) is 10.5. The molecule has 1 aromatic heterocycles. The first-order chi connectivity index (χ1) is 13.8. The van der Waals surface area contributed by atoms with Crippen molar-refractivity contribution in [2.75, 3.05) is 20.2 Å². The van der Waals surface area contributed by atoms with E-state index in [1.807, 2.05) is 0 Å². The van der Waals surface area contributed by atoms with Crippen LogP contribution in [0, 0.1) is 11.3 Å². The van der Waals surface area contributed by atoms with Crippen LogP contribution in [0.3, 0.4) is 0 Å². The number of hydrogen-bond acceptors (Lipinski definition) is 6. The van der Waals surface area contributed by atoms with E-state index in [1.54, 1.807) is 19.4 Å². The minimum absolute atomic E-state index is 0.227. The maximum atomic E-state index is 10.9. The zero-order chi connectivity index (χ0) is 20.6. The van der Waals surface area contributed by atoms with E-state index < -0.39 is 0 Å². The Hall–Kier alpha value is -2.05. The van der Waals surface area contributed by atoms with E-state index in [2.05, 4.69) is 43.0 Å². The molecule has 1 aromatic carbocycles. The summed E-state index contributed by atoms with van der Waals surface area (Å²) in [6, 6.07) is 6.22. The maximum Gasteiger partial charge on any atom is 0.174 e. The van der Waals surface area contributed by atoms with Gasteiger partial charge in [0.05, 0.1) is 19.4 Å². The van der Waals surface area contributed by atoms with E-state index in [4.69, 9.17) is 14.0 Å². The fraction of sp³-hybridized carbons (Fsp3) is 0.609. The van der Waals surface area contributed by atoms with Gasteiger partial charge in [-0.15, -0.1) is 0 Å². The Kier molecular flexibility index (Phi) is 5.58. The Balaban J connectivity index is 1.54. The third kappa shape index (κ3) is 4.43. The zero-order valence-electron chi connectivity index (χ0n) is 17.9. The van der Waals surface area contributed by atoms with Crippen molar-refractivity contribution >= 4 is 0 Å². The number of nitrogens with zero attached hydrogens (tertiary/aromatic N) is 2. The largest absolute Gasteiger partial charge is 0.493 e. The molecule has 2 aromatic rings. The van der Waals surface area contributed by atoms with Crippen LogP contribution in [-0.2, 0) is 13.0 Å². The summed E-state index contributed by atoms with van der Waals surface area (Å²) in [5, 5.41) is 14.6. The highest BCUT2D eigenvalue weighted by Crippen LogP contribution is 2.44. The Morgan fingerprint density at radius 2 is 2.10 bits per heavy atom. The zero-order valence-corrected chi connectivity index (χ0v) is 17.9. The van der Waals surface area contributed by atoms with Crippen LogP contribution in [0.4, 0.5) is 0 Å². The number of rotatable bonds is 5. The molecule has 6 heteroatoms. The molecule has 3 unspecified atom stereocenters. The summed E-state index contributed by atoms with van der Waals surface area (Å²) in [6.45, 7) is 9.04. The van der Waals surface area contributed by atoms with Gasteiger partial charge in [0.25, 0.3) is 0 Å². The van der Waals surface area contributed by atoms with Gasteiger partial charge in [-0.05, 0) is 53.9 Å². The second-order valence-corrected chi connectivity index (χ2v) is 9.56. The average molecular weight is 401 g/mol. The molecule has 0 bridgehead atoms. The second kappa shape index (κ2) is 8.00. The summed E-state index contributed by atoms with van der Waals surface area (Å²) >= 11 is 0. The van der Waals surface area contributed by atoms with Crippen LogP contribution < -0.4 is 9.47 Å². The number of aliphatic hydroxyl groups excluding tert-OH is 1. The number of aromatic nitrogens is 1. The van der Waals surface area contributed by atoms with Crippen LogP contribution in [0.15, 0.2) is 28.9 Å². The molecule has 0 radical (unpaired) electrons. The minimum Gasteiger partial charge on any atom is -0.493 e. The predicted octanol–water partition coefficient (Wildman–Crippen LogP) is 3.98. The summed E-state index contributed by atoms with van der Waals surface area (Å²) in [4.78, 5) is 2.54. The molecule has 0 aliphatic carbocycles. The van der Waals surface area contributed by atoms with Crippen molar-refractivity contribution < 1.29 is 19.1 Å². The lowest BCUT2D eigenvalue weighted by atomic mass is 9.75. The molecule has 6 nitrogen and oxygen atoms in total. The Bertz CT molecular complexity index is 828. The van der Waals surface area contributed by atoms with Crippen molar-refractivity contribution in [1.82, 2.24) is 10.1 Å². The third-order valence-electron chi connectivity index (χ3n) is 6.11. The van der Waals surface area contributed by atoms with E-state index in [9.17, 15) is 5.11 Å². The van der Waals surface area contributed by atoms with Crippen molar-refractivity contribution in [2.24, 2.45) is 11.3 Å². The van der Waals surface area contributed by atoms with Gasteiger partial charge in [0, 0.05) is 25.2 Å². The maximum absolute atomic E-state index is 10.9. The van der Waals surface area contributed by atoms with E-state index in [-0.39, 0.29) is 17.6 Å². The lowest BCUT2D eigenvalue weighted by Gasteiger charge is -2.47. The summed E-state index contributed by atoms with van der Waals surface area (Å²) < 4.78 is 16.7. The van der Waals surface area contributed by atoms with Gasteiger partial charge in [-0.1, -0.05) is 25.9 Å². The summed E-state index contributed by atoms with van der Waals surface area (Å²) in [5.41, 5.74) is 2.76. The van der Waals surface area contributed by atoms with E-state index in [1.165, 1.54) is 11.1 Å². The molecule has 1 N–H and O–H groups in total. The Morgan fingerprint density at radius 1 is 1.28 bits per heavy atom. The molecule has 4 rings (SSSR count). The molecule has 0 amide bonds. The number of aliphatic hydroxyl groups is 1. The molecule has 3 heterocycles. The predicted molar refractivity (Wildman–Crippen MR) is 110 cm³/mol. The number of ether oxygens (including phenoxy) is 2. The van der Waals surface area contributed by atoms with Crippen LogP contribution in [-0.4, -0.2) is 41.5 Å². The highest BCUT2D eigenvalue weighted by molar-refractivity contribution is 5.49. The minimum atomic E-state index is -0.269. The monoisotopic (exact) mass is 400 g/mol. The third-order valence-corrected chi connectivity index (χ3v) is 6.11. The lowest BCUT2D eigenvalue weighted by molar-refractivity contribution is -0.0259. The molecule has 0 spiro atoms. The SMILES string of the molecule is COc1cc2c(cc1OCc1ccno1)CCN1CC(CC(C)(C)C)C(O)CC21. The average Bonchev–Trinajstić information content (AvgIpc) is 3.19. The van der Waals surface area contributed by atoms with Gasteiger partial charge < -0.3 is 19.1 Å². The van der Waals surface area contributed by atoms with Crippen LogP contribution in [0.1, 0.15) is 56.5 Å². The molecule has 2 aliphatic rings. The van der Waals surface area contributed by atoms with Crippen molar-refractivity contribution in [2.45, 2.75) is 58.8 Å². The first kappa shape index (κ1) is 20.2. The van der Waals surface area contributed by atoms with Crippen LogP contribution in [0.5, 0.6) is 11.5 Å². The van der Waals surface area contributed by atoms with Gasteiger partial charge in [-0.3, -0.25) is 4.90 Å². The standard InChI is InChI=1S/C23H32N2O4/c1-23(2,3)12-16-13-25-8-6-15-9-22(28-14-17-5-7-24-29-17)21(27-4)10-18(15)19(25)11-20(16)26/h5,7,9-10,16,19-20,26H,6,8,11-14H2,1-4H3. The Morgan fingerprint density at radius 3 is 2.79 bits per heavy atom. The molecule has 3 atom stereocenters. The molecule has 29 heavy (non-hydrogen) atoms. The van der Waals surface area contributed by atoms with Crippen molar-refractivity contribution in [3.8, 4) is 11.5 Å². The van der Waals surface area contributed by atoms with Gasteiger partial charge in [0.2, 0.25) is 0 Å².